The second-order valence-corrected chi connectivity index (χ2v) is 4.59. The van der Waals surface area contributed by atoms with Gasteiger partial charge < -0.3 is 9.88 Å². The molecule has 0 saturated carbocycles. The van der Waals surface area contributed by atoms with Gasteiger partial charge in [0, 0.05) is 38.1 Å². The topological polar surface area (TPSA) is 42.7 Å². The van der Waals surface area contributed by atoms with Gasteiger partial charge in [-0.05, 0) is 38.1 Å². The van der Waals surface area contributed by atoms with Gasteiger partial charge in [-0.1, -0.05) is 0 Å². The van der Waals surface area contributed by atoms with Gasteiger partial charge in [-0.3, -0.25) is 4.98 Å². The summed E-state index contributed by atoms with van der Waals surface area (Å²) in [6, 6.07) is 4.44. The van der Waals surface area contributed by atoms with Crippen molar-refractivity contribution in [2.75, 3.05) is 7.05 Å². The molecule has 0 saturated heterocycles. The molecular weight excluding hydrogens is 224 g/mol. The third-order valence-corrected chi connectivity index (χ3v) is 3.22. The van der Waals surface area contributed by atoms with E-state index in [0.29, 0.717) is 0 Å². The van der Waals surface area contributed by atoms with Crippen molar-refractivity contribution in [2.24, 2.45) is 7.05 Å². The first-order valence-electron chi connectivity index (χ1n) is 6.26. The molecule has 0 aliphatic carbocycles. The van der Waals surface area contributed by atoms with Gasteiger partial charge in [-0.25, -0.2) is 4.98 Å². The highest BCUT2D eigenvalue weighted by Crippen LogP contribution is 2.17. The van der Waals surface area contributed by atoms with Crippen LogP contribution in [0.25, 0.3) is 0 Å². The first-order chi connectivity index (χ1) is 8.70. The Labute approximate surface area is 108 Å². The van der Waals surface area contributed by atoms with Crippen molar-refractivity contribution >= 4 is 0 Å². The van der Waals surface area contributed by atoms with Crippen molar-refractivity contribution in [2.45, 2.75) is 25.8 Å². The van der Waals surface area contributed by atoms with E-state index in [4.69, 9.17) is 0 Å². The van der Waals surface area contributed by atoms with Crippen molar-refractivity contribution in [3.8, 4) is 0 Å². The van der Waals surface area contributed by atoms with E-state index in [2.05, 4.69) is 32.8 Å². The first-order valence-corrected chi connectivity index (χ1v) is 6.26. The van der Waals surface area contributed by atoms with Gasteiger partial charge in [0.2, 0.25) is 0 Å². The van der Waals surface area contributed by atoms with E-state index in [1.165, 1.54) is 5.56 Å². The molecule has 1 unspecified atom stereocenters. The lowest BCUT2D eigenvalue weighted by Crippen LogP contribution is -2.19. The first kappa shape index (κ1) is 12.8. The van der Waals surface area contributed by atoms with Crippen LogP contribution in [0.15, 0.2) is 30.7 Å². The molecule has 2 rings (SSSR count). The zero-order valence-corrected chi connectivity index (χ0v) is 11.2. The van der Waals surface area contributed by atoms with Crippen LogP contribution in [-0.4, -0.2) is 21.6 Å². The van der Waals surface area contributed by atoms with Gasteiger partial charge in [-0.2, -0.15) is 0 Å². The highest BCUT2D eigenvalue weighted by Gasteiger charge is 2.12. The summed E-state index contributed by atoms with van der Waals surface area (Å²) in [6.45, 7) is 2.09. The molecule has 0 spiro atoms. The summed E-state index contributed by atoms with van der Waals surface area (Å²) in [6.07, 6.45) is 7.64. The quantitative estimate of drug-likeness (QED) is 0.875. The lowest BCUT2D eigenvalue weighted by molar-refractivity contribution is 0.523. The molecule has 0 bridgehead atoms. The molecular formula is C14H20N4. The van der Waals surface area contributed by atoms with Gasteiger partial charge in [-0.15, -0.1) is 0 Å². The summed E-state index contributed by atoms with van der Waals surface area (Å²) in [7, 11) is 4.01. The predicted molar refractivity (Wildman–Crippen MR) is 72.3 cm³/mol. The van der Waals surface area contributed by atoms with Crippen LogP contribution >= 0.6 is 0 Å². The molecule has 1 N–H and O–H groups in total. The summed E-state index contributed by atoms with van der Waals surface area (Å²) < 4.78 is 2.07. The Bertz CT molecular complexity index is 504. The number of rotatable bonds is 5. The number of hydrogen-bond acceptors (Lipinski definition) is 3. The smallest absolute Gasteiger partial charge is 0.108 e. The molecule has 0 fully saturated rings. The van der Waals surface area contributed by atoms with Crippen LogP contribution < -0.4 is 5.32 Å². The molecule has 4 nitrogen and oxygen atoms in total. The second kappa shape index (κ2) is 5.78. The van der Waals surface area contributed by atoms with E-state index in [1.807, 2.05) is 38.8 Å². The maximum Gasteiger partial charge on any atom is 0.108 e. The summed E-state index contributed by atoms with van der Waals surface area (Å²) in [5.74, 6) is 1.11. The largest absolute Gasteiger partial charge is 0.338 e. The average Bonchev–Trinajstić information content (AvgIpc) is 2.76. The van der Waals surface area contributed by atoms with Crippen LogP contribution in [0.4, 0.5) is 0 Å². The number of imidazole rings is 1. The molecule has 18 heavy (non-hydrogen) atoms. The number of nitrogens with one attached hydrogen (secondary N) is 1. The van der Waals surface area contributed by atoms with E-state index >= 15 is 0 Å². The minimum Gasteiger partial charge on any atom is -0.338 e. The summed E-state index contributed by atoms with van der Waals surface area (Å²) >= 11 is 0. The Balaban J connectivity index is 2.04. The lowest BCUT2D eigenvalue weighted by atomic mass is 10.1. The SMILES string of the molecule is CNC(CCc1nccn1C)c1cc(C)ccn1. The molecule has 2 aromatic heterocycles. The number of pyridine rings is 1. The third kappa shape index (κ3) is 2.96. The highest BCUT2D eigenvalue weighted by molar-refractivity contribution is 5.17. The molecule has 0 amide bonds. The maximum atomic E-state index is 4.44. The monoisotopic (exact) mass is 244 g/mol. The molecule has 1 atom stereocenters. The van der Waals surface area contributed by atoms with Gasteiger partial charge in [0.25, 0.3) is 0 Å². The minimum absolute atomic E-state index is 0.279. The zero-order valence-electron chi connectivity index (χ0n) is 11.2. The van der Waals surface area contributed by atoms with Gasteiger partial charge in [0.15, 0.2) is 0 Å². The summed E-state index contributed by atoms with van der Waals surface area (Å²) in [5, 5.41) is 3.33. The maximum absolute atomic E-state index is 4.44. The lowest BCUT2D eigenvalue weighted by Gasteiger charge is -2.15. The van der Waals surface area contributed by atoms with Crippen LogP contribution in [-0.2, 0) is 13.5 Å². The fourth-order valence-corrected chi connectivity index (χ4v) is 2.10. The second-order valence-electron chi connectivity index (χ2n) is 4.59. The Morgan fingerprint density at radius 3 is 2.78 bits per heavy atom. The fraction of sp³-hybridized carbons (Fsp3) is 0.429. The molecule has 2 aromatic rings. The number of aromatic nitrogens is 3. The van der Waals surface area contributed by atoms with Crippen LogP contribution in [0, 0.1) is 6.92 Å². The Kier molecular flexibility index (Phi) is 4.10. The van der Waals surface area contributed by atoms with Crippen LogP contribution in [0.3, 0.4) is 0 Å². The number of hydrogen-bond donors (Lipinski definition) is 1. The Hall–Kier alpha value is -1.68. The van der Waals surface area contributed by atoms with Gasteiger partial charge in [0.1, 0.15) is 5.82 Å². The molecule has 0 aliphatic heterocycles. The fourth-order valence-electron chi connectivity index (χ4n) is 2.10. The summed E-state index contributed by atoms with van der Waals surface area (Å²) in [5.41, 5.74) is 2.35. The van der Waals surface area contributed by atoms with Crippen molar-refractivity contribution in [1.29, 1.82) is 0 Å². The van der Waals surface area contributed by atoms with E-state index in [0.717, 1.165) is 24.4 Å². The molecule has 0 aliphatic rings. The van der Waals surface area contributed by atoms with E-state index in [1.54, 1.807) is 0 Å². The third-order valence-electron chi connectivity index (χ3n) is 3.22. The number of aryl methyl sites for hydroxylation is 3. The molecule has 0 radical (unpaired) electrons. The van der Waals surface area contributed by atoms with Gasteiger partial charge in [0.05, 0.1) is 5.69 Å². The van der Waals surface area contributed by atoms with Crippen molar-refractivity contribution in [1.82, 2.24) is 19.9 Å². The molecule has 4 heteroatoms. The summed E-state index contributed by atoms with van der Waals surface area (Å²) in [4.78, 5) is 8.79. The molecule has 2 heterocycles. The average molecular weight is 244 g/mol. The number of nitrogens with zero attached hydrogens (tertiary/aromatic N) is 3. The molecule has 96 valence electrons. The van der Waals surface area contributed by atoms with Crippen molar-refractivity contribution in [3.05, 3.63) is 47.8 Å². The Morgan fingerprint density at radius 1 is 1.33 bits per heavy atom. The minimum atomic E-state index is 0.279. The van der Waals surface area contributed by atoms with Crippen molar-refractivity contribution in [3.63, 3.8) is 0 Å². The van der Waals surface area contributed by atoms with Crippen LogP contribution in [0.5, 0.6) is 0 Å². The molecule has 0 aromatic carbocycles. The van der Waals surface area contributed by atoms with E-state index < -0.39 is 0 Å². The Morgan fingerprint density at radius 2 is 2.17 bits per heavy atom. The van der Waals surface area contributed by atoms with Crippen LogP contribution in [0.1, 0.15) is 29.5 Å². The van der Waals surface area contributed by atoms with Crippen LogP contribution in [0.2, 0.25) is 0 Å². The van der Waals surface area contributed by atoms with Gasteiger partial charge >= 0.3 is 0 Å². The predicted octanol–water partition coefficient (Wildman–Crippen LogP) is 2.02. The normalized spacial score (nSPS) is 12.6. The highest BCUT2D eigenvalue weighted by atomic mass is 15.0. The zero-order chi connectivity index (χ0) is 13.0. The standard InChI is InChI=1S/C14H20N4/c1-11-6-7-16-13(10-11)12(15-2)4-5-14-17-8-9-18(14)3/h6-10,12,15H,4-5H2,1-3H3. The van der Waals surface area contributed by atoms with E-state index in [-0.39, 0.29) is 6.04 Å². The van der Waals surface area contributed by atoms with E-state index in [9.17, 15) is 0 Å². The van der Waals surface area contributed by atoms with Crippen molar-refractivity contribution < 1.29 is 0 Å².